The molecular formula is C21H25N5O2. The van der Waals surface area contributed by atoms with E-state index in [0.717, 1.165) is 17.8 Å². The molecule has 0 radical (unpaired) electrons. The van der Waals surface area contributed by atoms with Crippen molar-refractivity contribution in [3.05, 3.63) is 53.0 Å². The Labute approximate surface area is 164 Å². The van der Waals surface area contributed by atoms with Gasteiger partial charge in [0.1, 0.15) is 17.3 Å². The van der Waals surface area contributed by atoms with Crippen LogP contribution in [0.15, 0.2) is 30.3 Å². The first kappa shape index (κ1) is 18.4. The van der Waals surface area contributed by atoms with Crippen LogP contribution in [0.4, 0.5) is 5.82 Å². The summed E-state index contributed by atoms with van der Waals surface area (Å²) in [4.78, 5) is 38.0. The lowest BCUT2D eigenvalue weighted by Crippen LogP contribution is -2.54. The van der Waals surface area contributed by atoms with Crippen molar-refractivity contribution >= 4 is 17.6 Å². The fraction of sp³-hybridized carbons (Fsp3) is 0.429. The number of fused-ring (bicyclic) bond motifs is 1. The van der Waals surface area contributed by atoms with E-state index < -0.39 is 0 Å². The molecule has 1 aromatic carbocycles. The first-order valence-corrected chi connectivity index (χ1v) is 9.75. The summed E-state index contributed by atoms with van der Waals surface area (Å²) in [6.45, 7) is 3.58. The fourth-order valence-electron chi connectivity index (χ4n) is 3.78. The molecule has 1 atom stereocenters. The third-order valence-electron chi connectivity index (χ3n) is 5.55. The van der Waals surface area contributed by atoms with Gasteiger partial charge in [0.25, 0.3) is 5.91 Å². The van der Waals surface area contributed by atoms with E-state index in [4.69, 9.17) is 4.98 Å². The molecule has 2 aliphatic rings. The van der Waals surface area contributed by atoms with Crippen LogP contribution >= 0.6 is 0 Å². The average molecular weight is 379 g/mol. The van der Waals surface area contributed by atoms with Crippen molar-refractivity contribution in [2.24, 2.45) is 0 Å². The van der Waals surface area contributed by atoms with E-state index >= 15 is 0 Å². The van der Waals surface area contributed by atoms with E-state index in [1.54, 1.807) is 4.90 Å². The smallest absolute Gasteiger partial charge is 0.270 e. The third kappa shape index (κ3) is 3.56. The van der Waals surface area contributed by atoms with E-state index in [1.165, 1.54) is 5.56 Å². The normalized spacial score (nSPS) is 19.4. The minimum Gasteiger partial charge on any atom is -0.350 e. The van der Waals surface area contributed by atoms with Crippen LogP contribution in [-0.4, -0.2) is 59.4 Å². The van der Waals surface area contributed by atoms with E-state index in [0.29, 0.717) is 37.4 Å². The quantitative estimate of drug-likeness (QED) is 0.864. The van der Waals surface area contributed by atoms with Crippen molar-refractivity contribution in [3.8, 4) is 0 Å². The standard InChI is InChI=1S/C21H25N5O2/c1-14-12-26(13-18(27)25(14)2)20-16-10-11-22-21(28)19(16)23-17(24-20)9-8-15-6-4-3-5-7-15/h3-7,14H,8-13H2,1-2H3,(H,22,28)/t14-/m1/s1. The predicted molar refractivity (Wildman–Crippen MR) is 106 cm³/mol. The minimum atomic E-state index is -0.153. The predicted octanol–water partition coefficient (Wildman–Crippen LogP) is 1.21. The van der Waals surface area contributed by atoms with Gasteiger partial charge in [0.15, 0.2) is 0 Å². The summed E-state index contributed by atoms with van der Waals surface area (Å²) in [7, 11) is 1.83. The molecule has 2 aromatic rings. The van der Waals surface area contributed by atoms with Crippen LogP contribution in [0.25, 0.3) is 0 Å². The maximum absolute atomic E-state index is 12.4. The van der Waals surface area contributed by atoms with Gasteiger partial charge in [-0.05, 0) is 25.3 Å². The molecule has 2 amide bonds. The Morgan fingerprint density at radius 1 is 1.14 bits per heavy atom. The molecule has 2 aliphatic heterocycles. The van der Waals surface area contributed by atoms with E-state index in [2.05, 4.69) is 22.4 Å². The van der Waals surface area contributed by atoms with Crippen molar-refractivity contribution < 1.29 is 9.59 Å². The zero-order valence-electron chi connectivity index (χ0n) is 16.3. The molecule has 0 unspecified atom stereocenters. The van der Waals surface area contributed by atoms with Gasteiger partial charge in [-0.2, -0.15) is 0 Å². The summed E-state index contributed by atoms with van der Waals surface area (Å²) < 4.78 is 0. The number of rotatable bonds is 4. The van der Waals surface area contributed by atoms with Crippen LogP contribution in [0, 0.1) is 0 Å². The summed E-state index contributed by atoms with van der Waals surface area (Å²) in [5, 5.41) is 2.87. The summed E-state index contributed by atoms with van der Waals surface area (Å²) in [6, 6.07) is 10.3. The highest BCUT2D eigenvalue weighted by molar-refractivity contribution is 5.96. The van der Waals surface area contributed by atoms with E-state index in [9.17, 15) is 9.59 Å². The highest BCUT2D eigenvalue weighted by Crippen LogP contribution is 2.26. The molecule has 0 saturated carbocycles. The SMILES string of the molecule is C[C@@H]1CN(c2nc(CCc3ccccc3)nc3c2CCNC3=O)CC(=O)N1C. The van der Waals surface area contributed by atoms with Crippen LogP contribution < -0.4 is 10.2 Å². The first-order valence-electron chi connectivity index (χ1n) is 9.75. The van der Waals surface area contributed by atoms with Crippen LogP contribution in [0.5, 0.6) is 0 Å². The van der Waals surface area contributed by atoms with Crippen molar-refractivity contribution in [1.29, 1.82) is 0 Å². The number of nitrogens with one attached hydrogen (secondary N) is 1. The van der Waals surface area contributed by atoms with Crippen LogP contribution in [0.3, 0.4) is 0 Å². The Balaban J connectivity index is 1.67. The second-order valence-corrected chi connectivity index (χ2v) is 7.52. The van der Waals surface area contributed by atoms with Crippen LogP contribution in [-0.2, 0) is 24.1 Å². The Bertz CT molecular complexity index is 899. The Hall–Kier alpha value is -2.96. The fourth-order valence-corrected chi connectivity index (χ4v) is 3.78. The molecule has 0 aliphatic carbocycles. The molecule has 1 fully saturated rings. The maximum Gasteiger partial charge on any atom is 0.270 e. The molecule has 1 N–H and O–H groups in total. The highest BCUT2D eigenvalue weighted by atomic mass is 16.2. The third-order valence-corrected chi connectivity index (χ3v) is 5.55. The molecule has 28 heavy (non-hydrogen) atoms. The van der Waals surface area contributed by atoms with Gasteiger partial charge in [-0.3, -0.25) is 9.59 Å². The molecule has 0 bridgehead atoms. The summed E-state index contributed by atoms with van der Waals surface area (Å²) in [5.74, 6) is 1.31. The van der Waals surface area contributed by atoms with Crippen molar-refractivity contribution in [2.75, 3.05) is 31.6 Å². The molecule has 7 nitrogen and oxygen atoms in total. The Morgan fingerprint density at radius 2 is 1.93 bits per heavy atom. The zero-order chi connectivity index (χ0) is 19.7. The molecule has 146 valence electrons. The topological polar surface area (TPSA) is 78.4 Å². The molecule has 0 spiro atoms. The molecular weight excluding hydrogens is 354 g/mol. The summed E-state index contributed by atoms with van der Waals surface area (Å²) >= 11 is 0. The van der Waals surface area contributed by atoms with Crippen molar-refractivity contribution in [3.63, 3.8) is 0 Å². The molecule has 1 aromatic heterocycles. The lowest BCUT2D eigenvalue weighted by Gasteiger charge is -2.39. The van der Waals surface area contributed by atoms with Gasteiger partial charge in [0.2, 0.25) is 5.91 Å². The van der Waals surface area contributed by atoms with Gasteiger partial charge in [0.05, 0.1) is 6.54 Å². The van der Waals surface area contributed by atoms with Gasteiger partial charge in [0, 0.05) is 38.2 Å². The first-order chi connectivity index (χ1) is 13.5. The number of likely N-dealkylation sites (N-methyl/N-ethyl adjacent to an activating group) is 1. The van der Waals surface area contributed by atoms with Gasteiger partial charge in [-0.25, -0.2) is 9.97 Å². The molecule has 4 rings (SSSR count). The van der Waals surface area contributed by atoms with Crippen LogP contribution in [0.2, 0.25) is 0 Å². The monoisotopic (exact) mass is 379 g/mol. The molecule has 3 heterocycles. The number of carbonyl (C=O) groups is 2. The Kier molecular flexibility index (Phi) is 4.98. The average Bonchev–Trinajstić information content (AvgIpc) is 2.71. The second-order valence-electron chi connectivity index (χ2n) is 7.52. The zero-order valence-corrected chi connectivity index (χ0v) is 16.3. The van der Waals surface area contributed by atoms with Gasteiger partial charge < -0.3 is 15.1 Å². The van der Waals surface area contributed by atoms with Crippen LogP contribution in [0.1, 0.15) is 34.4 Å². The van der Waals surface area contributed by atoms with Gasteiger partial charge in [-0.15, -0.1) is 0 Å². The Morgan fingerprint density at radius 3 is 2.68 bits per heavy atom. The number of hydrogen-bond acceptors (Lipinski definition) is 5. The number of piperazine rings is 1. The number of carbonyl (C=O) groups excluding carboxylic acids is 2. The van der Waals surface area contributed by atoms with E-state index in [-0.39, 0.29) is 24.4 Å². The number of benzene rings is 1. The second kappa shape index (κ2) is 7.58. The lowest BCUT2D eigenvalue weighted by molar-refractivity contribution is -0.131. The summed E-state index contributed by atoms with van der Waals surface area (Å²) in [6.07, 6.45) is 2.14. The number of amides is 2. The number of aromatic nitrogens is 2. The maximum atomic E-state index is 12.4. The van der Waals surface area contributed by atoms with Gasteiger partial charge in [-0.1, -0.05) is 30.3 Å². The molecule has 7 heteroatoms. The highest BCUT2D eigenvalue weighted by Gasteiger charge is 2.32. The van der Waals surface area contributed by atoms with Gasteiger partial charge >= 0.3 is 0 Å². The minimum absolute atomic E-state index is 0.0669. The van der Waals surface area contributed by atoms with Crippen molar-refractivity contribution in [1.82, 2.24) is 20.2 Å². The number of nitrogens with zero attached hydrogens (tertiary/aromatic N) is 4. The van der Waals surface area contributed by atoms with Crippen molar-refractivity contribution in [2.45, 2.75) is 32.2 Å². The number of hydrogen-bond donors (Lipinski definition) is 1. The summed E-state index contributed by atoms with van der Waals surface area (Å²) in [5.41, 5.74) is 2.52. The largest absolute Gasteiger partial charge is 0.350 e. The van der Waals surface area contributed by atoms with E-state index in [1.807, 2.05) is 37.1 Å². The lowest BCUT2D eigenvalue weighted by atomic mass is 10.0. The number of aryl methyl sites for hydroxylation is 2. The number of anilines is 1. The molecule has 1 saturated heterocycles.